The highest BCUT2D eigenvalue weighted by Gasteiger charge is 2.25. The van der Waals surface area contributed by atoms with Gasteiger partial charge in [-0.15, -0.1) is 0 Å². The molecular formula is C15H17NO6. The van der Waals surface area contributed by atoms with Gasteiger partial charge in [-0.05, 0) is 37.0 Å². The van der Waals surface area contributed by atoms with Crippen molar-refractivity contribution >= 4 is 17.6 Å². The largest absolute Gasteiger partial charge is 0.465 e. The maximum absolute atomic E-state index is 11.8. The summed E-state index contributed by atoms with van der Waals surface area (Å²) in [5.41, 5.74) is 0.638. The van der Waals surface area contributed by atoms with Crippen LogP contribution in [0.5, 0.6) is 0 Å². The van der Waals surface area contributed by atoms with E-state index in [-0.39, 0.29) is 24.7 Å². The van der Waals surface area contributed by atoms with Gasteiger partial charge in [0.2, 0.25) is 0 Å². The molecule has 0 bridgehead atoms. The Morgan fingerprint density at radius 2 is 2.05 bits per heavy atom. The lowest BCUT2D eigenvalue weighted by molar-refractivity contribution is -0.384. The number of rotatable bonds is 5. The van der Waals surface area contributed by atoms with Crippen LogP contribution in [0, 0.1) is 16.0 Å². The highest BCUT2D eigenvalue weighted by atomic mass is 16.6. The first-order valence-electron chi connectivity index (χ1n) is 7.12. The Kier molecular flexibility index (Phi) is 5.46. The van der Waals surface area contributed by atoms with Crippen molar-refractivity contribution in [3.05, 3.63) is 39.9 Å². The Labute approximate surface area is 127 Å². The average molecular weight is 307 g/mol. The Balaban J connectivity index is 1.81. The van der Waals surface area contributed by atoms with Gasteiger partial charge in [0, 0.05) is 12.1 Å². The van der Waals surface area contributed by atoms with Gasteiger partial charge in [0.05, 0.1) is 23.9 Å². The molecular weight excluding hydrogens is 290 g/mol. The average Bonchev–Trinajstić information content (AvgIpc) is 2.70. The number of carbonyl (C=O) groups is 2. The van der Waals surface area contributed by atoms with Crippen LogP contribution >= 0.6 is 0 Å². The summed E-state index contributed by atoms with van der Waals surface area (Å²) in [4.78, 5) is 33.5. The van der Waals surface area contributed by atoms with Gasteiger partial charge in [0.1, 0.15) is 6.61 Å². The third-order valence-corrected chi connectivity index (χ3v) is 3.48. The van der Waals surface area contributed by atoms with Crippen molar-refractivity contribution in [2.75, 3.05) is 6.61 Å². The van der Waals surface area contributed by atoms with Gasteiger partial charge >= 0.3 is 11.9 Å². The van der Waals surface area contributed by atoms with Gasteiger partial charge in [-0.1, -0.05) is 0 Å². The first-order chi connectivity index (χ1) is 10.6. The predicted octanol–water partition coefficient (Wildman–Crippen LogP) is 2.37. The third kappa shape index (κ3) is 4.54. The predicted molar refractivity (Wildman–Crippen MR) is 75.8 cm³/mol. The van der Waals surface area contributed by atoms with E-state index in [2.05, 4.69) is 0 Å². The number of nitro benzene ring substituents is 1. The Morgan fingerprint density at radius 3 is 2.73 bits per heavy atom. The number of cyclic esters (lactones) is 1. The zero-order chi connectivity index (χ0) is 15.9. The molecule has 2 rings (SSSR count). The quantitative estimate of drug-likeness (QED) is 0.471. The lowest BCUT2D eigenvalue weighted by Crippen LogP contribution is -2.20. The minimum atomic E-state index is -0.493. The van der Waals surface area contributed by atoms with Crippen LogP contribution in [0.4, 0.5) is 5.69 Å². The fourth-order valence-electron chi connectivity index (χ4n) is 2.22. The molecule has 1 fully saturated rings. The van der Waals surface area contributed by atoms with Crippen LogP contribution in [0.2, 0.25) is 0 Å². The maximum atomic E-state index is 11.8. The third-order valence-electron chi connectivity index (χ3n) is 3.48. The van der Waals surface area contributed by atoms with E-state index < -0.39 is 16.8 Å². The second kappa shape index (κ2) is 7.53. The second-order valence-electron chi connectivity index (χ2n) is 5.15. The molecule has 22 heavy (non-hydrogen) atoms. The number of carbonyl (C=O) groups excluding carboxylic acids is 2. The second-order valence-corrected chi connectivity index (χ2v) is 5.15. The van der Waals surface area contributed by atoms with Crippen molar-refractivity contribution in [1.29, 1.82) is 0 Å². The molecule has 1 unspecified atom stereocenters. The van der Waals surface area contributed by atoms with Gasteiger partial charge in [0.25, 0.3) is 5.69 Å². The lowest BCUT2D eigenvalue weighted by Gasteiger charge is -2.11. The topological polar surface area (TPSA) is 95.7 Å². The molecule has 1 aliphatic heterocycles. The molecule has 0 radical (unpaired) electrons. The van der Waals surface area contributed by atoms with Crippen LogP contribution in [0.3, 0.4) is 0 Å². The summed E-state index contributed by atoms with van der Waals surface area (Å²) in [5.74, 6) is -1.25. The van der Waals surface area contributed by atoms with E-state index in [9.17, 15) is 19.7 Å². The summed E-state index contributed by atoms with van der Waals surface area (Å²) in [6, 6.07) is 5.77. The summed E-state index contributed by atoms with van der Waals surface area (Å²) in [7, 11) is 0. The summed E-state index contributed by atoms with van der Waals surface area (Å²) in [5, 5.41) is 10.5. The van der Waals surface area contributed by atoms with Crippen LogP contribution in [-0.2, 0) is 25.7 Å². The molecule has 1 aromatic rings. The first-order valence-corrected chi connectivity index (χ1v) is 7.12. The van der Waals surface area contributed by atoms with Crippen molar-refractivity contribution in [2.45, 2.75) is 32.3 Å². The van der Waals surface area contributed by atoms with Crippen LogP contribution < -0.4 is 0 Å². The molecule has 0 aromatic heterocycles. The van der Waals surface area contributed by atoms with Crippen LogP contribution in [-0.4, -0.2) is 23.5 Å². The van der Waals surface area contributed by atoms with Gasteiger partial charge in [-0.3, -0.25) is 19.7 Å². The van der Waals surface area contributed by atoms with E-state index in [1.54, 1.807) is 0 Å². The standard InChI is InChI=1S/C15H17NO6/c17-14(9-12-3-1-2-8-21-15(12)18)22-10-11-4-6-13(7-5-11)16(19)20/h4-7,12H,1-3,8-10H2. The molecule has 7 heteroatoms. The fourth-order valence-corrected chi connectivity index (χ4v) is 2.22. The van der Waals surface area contributed by atoms with Gasteiger partial charge in [-0.2, -0.15) is 0 Å². The fraction of sp³-hybridized carbons (Fsp3) is 0.467. The summed E-state index contributed by atoms with van der Waals surface area (Å²) >= 11 is 0. The molecule has 7 nitrogen and oxygen atoms in total. The molecule has 1 aromatic carbocycles. The number of nitrogens with zero attached hydrogens (tertiary/aromatic N) is 1. The zero-order valence-electron chi connectivity index (χ0n) is 12.0. The number of benzene rings is 1. The van der Waals surface area contributed by atoms with E-state index in [1.807, 2.05) is 0 Å². The van der Waals surface area contributed by atoms with E-state index in [0.717, 1.165) is 12.8 Å². The monoisotopic (exact) mass is 307 g/mol. The Bertz CT molecular complexity index is 554. The van der Waals surface area contributed by atoms with Crippen LogP contribution in [0.25, 0.3) is 0 Å². The smallest absolute Gasteiger partial charge is 0.309 e. The molecule has 1 atom stereocenters. The SMILES string of the molecule is O=C(CC1CCCCOC1=O)OCc1ccc([N+](=O)[O-])cc1. The van der Waals surface area contributed by atoms with Crippen molar-refractivity contribution in [3.8, 4) is 0 Å². The number of hydrogen-bond acceptors (Lipinski definition) is 6. The molecule has 0 spiro atoms. The van der Waals surface area contributed by atoms with Crippen molar-refractivity contribution in [3.63, 3.8) is 0 Å². The molecule has 1 heterocycles. The number of ether oxygens (including phenoxy) is 2. The summed E-state index contributed by atoms with van der Waals surface area (Å²) < 4.78 is 10.1. The first kappa shape index (κ1) is 15.9. The normalized spacial score (nSPS) is 18.2. The van der Waals surface area contributed by atoms with Gasteiger partial charge < -0.3 is 9.47 Å². The minimum absolute atomic E-state index is 0.00577. The zero-order valence-corrected chi connectivity index (χ0v) is 12.0. The van der Waals surface area contributed by atoms with E-state index in [4.69, 9.17) is 9.47 Å². The number of hydrogen-bond donors (Lipinski definition) is 0. The van der Waals surface area contributed by atoms with Crippen LogP contribution in [0.1, 0.15) is 31.2 Å². The van der Waals surface area contributed by atoms with Crippen LogP contribution in [0.15, 0.2) is 24.3 Å². The Hall–Kier alpha value is -2.44. The van der Waals surface area contributed by atoms with Crippen molar-refractivity contribution in [1.82, 2.24) is 0 Å². The highest BCUT2D eigenvalue weighted by Crippen LogP contribution is 2.20. The molecule has 1 aliphatic rings. The van der Waals surface area contributed by atoms with E-state index >= 15 is 0 Å². The summed E-state index contributed by atoms with van der Waals surface area (Å²) in [6.45, 7) is 0.436. The maximum Gasteiger partial charge on any atom is 0.309 e. The van der Waals surface area contributed by atoms with Crippen molar-refractivity contribution in [2.24, 2.45) is 5.92 Å². The molecule has 0 amide bonds. The number of esters is 2. The molecule has 0 N–H and O–H groups in total. The van der Waals surface area contributed by atoms with Gasteiger partial charge in [-0.25, -0.2) is 0 Å². The van der Waals surface area contributed by atoms with E-state index in [1.165, 1.54) is 24.3 Å². The number of nitro groups is 1. The Morgan fingerprint density at radius 1 is 1.32 bits per heavy atom. The highest BCUT2D eigenvalue weighted by molar-refractivity contribution is 5.80. The minimum Gasteiger partial charge on any atom is -0.465 e. The molecule has 0 saturated carbocycles. The number of non-ortho nitro benzene ring substituents is 1. The molecule has 0 aliphatic carbocycles. The van der Waals surface area contributed by atoms with E-state index in [0.29, 0.717) is 18.6 Å². The molecule has 1 saturated heterocycles. The molecule has 118 valence electrons. The lowest BCUT2D eigenvalue weighted by atomic mass is 10.00. The van der Waals surface area contributed by atoms with Gasteiger partial charge in [0.15, 0.2) is 0 Å². The summed E-state index contributed by atoms with van der Waals surface area (Å²) in [6.07, 6.45) is 2.31. The van der Waals surface area contributed by atoms with Crippen molar-refractivity contribution < 1.29 is 24.0 Å².